The van der Waals surface area contributed by atoms with Gasteiger partial charge in [0.2, 0.25) is 0 Å². The summed E-state index contributed by atoms with van der Waals surface area (Å²) in [5.41, 5.74) is 3.47. The number of rotatable bonds is 8. The molecular formula is C27H28N4O4. The molecule has 1 aliphatic rings. The predicted molar refractivity (Wildman–Crippen MR) is 136 cm³/mol. The van der Waals surface area contributed by atoms with Gasteiger partial charge in [-0.05, 0) is 56.0 Å². The zero-order valence-electron chi connectivity index (χ0n) is 19.6. The molecule has 0 unspecified atom stereocenters. The Labute approximate surface area is 204 Å². The summed E-state index contributed by atoms with van der Waals surface area (Å²) in [6.07, 6.45) is 2.85. The third-order valence-electron chi connectivity index (χ3n) is 6.16. The average Bonchev–Trinajstić information content (AvgIpc) is 3.39. The van der Waals surface area contributed by atoms with Crippen molar-refractivity contribution in [2.24, 2.45) is 0 Å². The Hall–Kier alpha value is -4.20. The number of hydrogen-bond acceptors (Lipinski definition) is 5. The van der Waals surface area contributed by atoms with Gasteiger partial charge in [0.1, 0.15) is 0 Å². The maximum absolute atomic E-state index is 13.2. The third kappa shape index (κ3) is 5.84. The minimum atomic E-state index is -0.505. The Morgan fingerprint density at radius 2 is 1.71 bits per heavy atom. The van der Waals surface area contributed by atoms with Crippen LogP contribution < -0.4 is 15.5 Å². The lowest BCUT2D eigenvalue weighted by Crippen LogP contribution is -2.29. The molecule has 1 heterocycles. The summed E-state index contributed by atoms with van der Waals surface area (Å²) in [7, 11) is 0. The molecule has 0 atom stereocenters. The Morgan fingerprint density at radius 3 is 2.43 bits per heavy atom. The molecule has 0 bridgehead atoms. The molecule has 35 heavy (non-hydrogen) atoms. The molecule has 0 aromatic heterocycles. The van der Waals surface area contributed by atoms with E-state index in [4.69, 9.17) is 0 Å². The Balaban J connectivity index is 1.53. The minimum absolute atomic E-state index is 0.111. The highest BCUT2D eigenvalue weighted by Crippen LogP contribution is 2.28. The van der Waals surface area contributed by atoms with Crippen molar-refractivity contribution in [2.45, 2.75) is 26.2 Å². The molecule has 1 fully saturated rings. The van der Waals surface area contributed by atoms with Gasteiger partial charge in [0.25, 0.3) is 17.5 Å². The molecule has 180 valence electrons. The monoisotopic (exact) mass is 472 g/mol. The molecule has 1 saturated heterocycles. The second-order valence-corrected chi connectivity index (χ2v) is 8.63. The Bertz CT molecular complexity index is 1240. The summed E-state index contributed by atoms with van der Waals surface area (Å²) >= 11 is 0. The number of nitro benzene ring substituents is 1. The minimum Gasteiger partial charge on any atom is -0.371 e. The van der Waals surface area contributed by atoms with Gasteiger partial charge in [0.05, 0.1) is 10.5 Å². The normalized spacial score (nSPS) is 12.9. The highest BCUT2D eigenvalue weighted by Gasteiger charge is 2.21. The predicted octanol–water partition coefficient (Wildman–Crippen LogP) is 4.73. The summed E-state index contributed by atoms with van der Waals surface area (Å²) in [5.74, 6) is -0.678. The average molecular weight is 473 g/mol. The van der Waals surface area contributed by atoms with Crippen molar-refractivity contribution in [3.63, 3.8) is 0 Å². The summed E-state index contributed by atoms with van der Waals surface area (Å²) in [6, 6.07) is 19.6. The fraction of sp³-hybridized carbons (Fsp3) is 0.259. The van der Waals surface area contributed by atoms with Crippen LogP contribution in [-0.4, -0.2) is 36.4 Å². The van der Waals surface area contributed by atoms with Gasteiger partial charge < -0.3 is 15.5 Å². The van der Waals surface area contributed by atoms with Crippen LogP contribution in [0.4, 0.5) is 17.1 Å². The van der Waals surface area contributed by atoms with E-state index in [1.807, 2.05) is 36.4 Å². The van der Waals surface area contributed by atoms with E-state index in [9.17, 15) is 19.7 Å². The van der Waals surface area contributed by atoms with Crippen molar-refractivity contribution < 1.29 is 14.5 Å². The van der Waals surface area contributed by atoms with Gasteiger partial charge in [0.15, 0.2) is 0 Å². The van der Waals surface area contributed by atoms with E-state index < -0.39 is 10.8 Å². The first-order valence-electron chi connectivity index (χ1n) is 11.7. The molecule has 2 N–H and O–H groups in total. The van der Waals surface area contributed by atoms with Crippen molar-refractivity contribution in [2.75, 3.05) is 29.9 Å². The van der Waals surface area contributed by atoms with Crippen LogP contribution in [0, 0.1) is 17.0 Å². The standard InChI is InChI=1S/C27H28N4O4/c1-19-9-10-21(17-25(19)31(34)35)26(32)29-22-11-12-24(30-15-5-6-16-30)23(18-22)27(33)28-14-13-20-7-3-2-4-8-20/h2-4,7-12,17-18H,5-6,13-16H2,1H3,(H,28,33)(H,29,32). The van der Waals surface area contributed by atoms with E-state index in [0.29, 0.717) is 29.8 Å². The van der Waals surface area contributed by atoms with Gasteiger partial charge in [0, 0.05) is 48.2 Å². The van der Waals surface area contributed by atoms with Crippen molar-refractivity contribution in [3.05, 3.63) is 99.1 Å². The SMILES string of the molecule is Cc1ccc(C(=O)Nc2ccc(N3CCCC3)c(C(=O)NCCc3ccccc3)c2)cc1[N+](=O)[O-]. The van der Waals surface area contributed by atoms with Crippen LogP contribution in [0.5, 0.6) is 0 Å². The van der Waals surface area contributed by atoms with Gasteiger partial charge in [-0.3, -0.25) is 19.7 Å². The highest BCUT2D eigenvalue weighted by molar-refractivity contribution is 6.06. The van der Waals surface area contributed by atoms with E-state index in [1.165, 1.54) is 6.07 Å². The first-order valence-corrected chi connectivity index (χ1v) is 11.7. The Kier molecular flexibility index (Phi) is 7.40. The van der Waals surface area contributed by atoms with Gasteiger partial charge in [-0.25, -0.2) is 0 Å². The molecule has 3 aromatic rings. The highest BCUT2D eigenvalue weighted by atomic mass is 16.6. The molecule has 0 aliphatic carbocycles. The maximum atomic E-state index is 13.2. The number of hydrogen-bond donors (Lipinski definition) is 2. The van der Waals surface area contributed by atoms with E-state index in [2.05, 4.69) is 15.5 Å². The number of nitrogens with one attached hydrogen (secondary N) is 2. The smallest absolute Gasteiger partial charge is 0.273 e. The van der Waals surface area contributed by atoms with Crippen molar-refractivity contribution in [3.8, 4) is 0 Å². The zero-order valence-corrected chi connectivity index (χ0v) is 19.6. The van der Waals surface area contributed by atoms with Crippen molar-refractivity contribution in [1.82, 2.24) is 5.32 Å². The van der Waals surface area contributed by atoms with Crippen LogP contribution in [0.1, 0.15) is 44.7 Å². The second kappa shape index (κ2) is 10.8. The second-order valence-electron chi connectivity index (χ2n) is 8.63. The summed E-state index contributed by atoms with van der Waals surface area (Å²) in [6.45, 7) is 3.87. The molecule has 2 amide bonds. The topological polar surface area (TPSA) is 105 Å². The fourth-order valence-electron chi connectivity index (χ4n) is 4.24. The van der Waals surface area contributed by atoms with Crippen LogP contribution in [0.3, 0.4) is 0 Å². The van der Waals surface area contributed by atoms with Gasteiger partial charge in [-0.15, -0.1) is 0 Å². The molecular weight excluding hydrogens is 444 g/mol. The van der Waals surface area contributed by atoms with Crippen LogP contribution in [0.25, 0.3) is 0 Å². The summed E-state index contributed by atoms with van der Waals surface area (Å²) < 4.78 is 0. The number of carbonyl (C=O) groups excluding carboxylic acids is 2. The molecule has 3 aromatic carbocycles. The number of amides is 2. The molecule has 0 spiro atoms. The van der Waals surface area contributed by atoms with Gasteiger partial charge in [-0.2, -0.15) is 0 Å². The quantitative estimate of drug-likeness (QED) is 0.364. The lowest BCUT2D eigenvalue weighted by atomic mass is 10.1. The lowest BCUT2D eigenvalue weighted by molar-refractivity contribution is -0.385. The van der Waals surface area contributed by atoms with E-state index in [0.717, 1.165) is 37.2 Å². The van der Waals surface area contributed by atoms with Crippen molar-refractivity contribution >= 4 is 28.9 Å². The number of nitro groups is 1. The Morgan fingerprint density at radius 1 is 0.971 bits per heavy atom. The number of nitrogens with zero attached hydrogens (tertiary/aromatic N) is 2. The number of anilines is 2. The molecule has 1 aliphatic heterocycles. The first-order chi connectivity index (χ1) is 16.9. The van der Waals surface area contributed by atoms with Crippen LogP contribution in [0.2, 0.25) is 0 Å². The largest absolute Gasteiger partial charge is 0.371 e. The first kappa shape index (κ1) is 23.9. The van der Waals surface area contributed by atoms with Gasteiger partial charge in [-0.1, -0.05) is 36.4 Å². The van der Waals surface area contributed by atoms with Crippen molar-refractivity contribution in [1.29, 1.82) is 0 Å². The molecule has 0 saturated carbocycles. The van der Waals surface area contributed by atoms with Crippen LogP contribution >= 0.6 is 0 Å². The number of carbonyl (C=O) groups is 2. The third-order valence-corrected chi connectivity index (χ3v) is 6.16. The maximum Gasteiger partial charge on any atom is 0.273 e. The molecule has 8 nitrogen and oxygen atoms in total. The number of benzene rings is 3. The van der Waals surface area contributed by atoms with Crippen LogP contribution in [-0.2, 0) is 6.42 Å². The molecule has 8 heteroatoms. The van der Waals surface area contributed by atoms with E-state index >= 15 is 0 Å². The molecule has 4 rings (SSSR count). The summed E-state index contributed by atoms with van der Waals surface area (Å²) in [5, 5.41) is 17.0. The van der Waals surface area contributed by atoms with Gasteiger partial charge >= 0.3 is 0 Å². The van der Waals surface area contributed by atoms with E-state index in [1.54, 1.807) is 31.2 Å². The lowest BCUT2D eigenvalue weighted by Gasteiger charge is -2.22. The molecule has 0 radical (unpaired) electrons. The summed E-state index contributed by atoms with van der Waals surface area (Å²) in [4.78, 5) is 38.9. The van der Waals surface area contributed by atoms with E-state index in [-0.39, 0.29) is 17.2 Å². The fourth-order valence-corrected chi connectivity index (χ4v) is 4.24. The zero-order chi connectivity index (χ0) is 24.8. The number of aryl methyl sites for hydroxylation is 1. The van der Waals surface area contributed by atoms with Crippen LogP contribution in [0.15, 0.2) is 66.7 Å².